The Labute approximate surface area is 147 Å². The number of aryl methyl sites for hydroxylation is 2. The maximum absolute atomic E-state index is 12.2. The van der Waals surface area contributed by atoms with Gasteiger partial charge in [0.25, 0.3) is 0 Å². The van der Waals surface area contributed by atoms with Gasteiger partial charge in [-0.05, 0) is 37.1 Å². The van der Waals surface area contributed by atoms with Gasteiger partial charge in [-0.1, -0.05) is 36.4 Å². The van der Waals surface area contributed by atoms with E-state index in [9.17, 15) is 4.79 Å². The highest BCUT2D eigenvalue weighted by molar-refractivity contribution is 5.91. The Bertz CT molecular complexity index is 766. The van der Waals surface area contributed by atoms with Gasteiger partial charge in [0, 0.05) is 31.6 Å². The molecule has 132 valence electrons. The molecule has 1 N–H and O–H groups in total. The zero-order valence-corrected chi connectivity index (χ0v) is 14.8. The van der Waals surface area contributed by atoms with Gasteiger partial charge in [-0.3, -0.25) is 4.79 Å². The molecule has 0 unspecified atom stereocenters. The van der Waals surface area contributed by atoms with E-state index in [1.165, 1.54) is 0 Å². The number of amides is 1. The van der Waals surface area contributed by atoms with Crippen LogP contribution in [0.3, 0.4) is 0 Å². The maximum atomic E-state index is 12.2. The quantitative estimate of drug-likeness (QED) is 0.875. The van der Waals surface area contributed by atoms with Crippen molar-refractivity contribution in [3.05, 3.63) is 47.6 Å². The second kappa shape index (κ2) is 8.07. The minimum absolute atomic E-state index is 0.0424. The van der Waals surface area contributed by atoms with E-state index in [0.717, 1.165) is 42.8 Å². The lowest BCUT2D eigenvalue weighted by molar-refractivity contribution is -0.116. The molecule has 0 bridgehead atoms. The van der Waals surface area contributed by atoms with Crippen molar-refractivity contribution >= 4 is 17.2 Å². The molecule has 2 heterocycles. The topological polar surface area (TPSA) is 71.3 Å². The van der Waals surface area contributed by atoms with Crippen LogP contribution < -0.4 is 5.32 Å². The number of para-hydroxylation sites is 1. The van der Waals surface area contributed by atoms with Crippen LogP contribution in [0.2, 0.25) is 0 Å². The fraction of sp³-hybridized carbons (Fsp3) is 0.421. The van der Waals surface area contributed by atoms with Crippen LogP contribution >= 0.6 is 0 Å². The van der Waals surface area contributed by atoms with E-state index in [4.69, 9.17) is 4.52 Å². The Hall–Kier alpha value is -2.47. The van der Waals surface area contributed by atoms with Gasteiger partial charge < -0.3 is 14.7 Å². The lowest BCUT2D eigenvalue weighted by Gasteiger charge is -2.19. The highest BCUT2D eigenvalue weighted by Gasteiger charge is 2.16. The first kappa shape index (κ1) is 17.4. The molecular weight excluding hydrogens is 316 g/mol. The third-order valence-electron chi connectivity index (χ3n) is 4.41. The van der Waals surface area contributed by atoms with Gasteiger partial charge in [0.1, 0.15) is 0 Å². The van der Waals surface area contributed by atoms with E-state index in [0.29, 0.717) is 24.6 Å². The summed E-state index contributed by atoms with van der Waals surface area (Å²) in [5.41, 5.74) is 3.12. The van der Waals surface area contributed by atoms with Crippen molar-refractivity contribution in [2.45, 2.75) is 32.6 Å². The van der Waals surface area contributed by atoms with Gasteiger partial charge in [-0.25, -0.2) is 0 Å². The van der Waals surface area contributed by atoms with Gasteiger partial charge >= 0.3 is 0 Å². The third kappa shape index (κ3) is 4.54. The minimum atomic E-state index is -0.0424. The number of carbonyl (C=O) groups excluding carboxylic acids is 1. The summed E-state index contributed by atoms with van der Waals surface area (Å²) in [6, 6.07) is 7.85. The number of nitrogens with zero attached hydrogens (tertiary/aromatic N) is 3. The highest BCUT2D eigenvalue weighted by atomic mass is 16.5. The molecule has 3 rings (SSSR count). The monoisotopic (exact) mass is 340 g/mol. The number of likely N-dealkylation sites (N-methyl/N-ethyl adjacent to an activating group) is 1. The van der Waals surface area contributed by atoms with Crippen molar-refractivity contribution in [3.63, 3.8) is 0 Å². The van der Waals surface area contributed by atoms with Crippen molar-refractivity contribution in [2.24, 2.45) is 0 Å². The summed E-state index contributed by atoms with van der Waals surface area (Å²) in [4.78, 5) is 18.8. The second-order valence-electron chi connectivity index (χ2n) is 6.31. The average Bonchev–Trinajstić information content (AvgIpc) is 3.10. The van der Waals surface area contributed by atoms with Crippen LogP contribution in [-0.2, 0) is 17.6 Å². The molecule has 1 aromatic heterocycles. The summed E-state index contributed by atoms with van der Waals surface area (Å²) >= 11 is 0. The summed E-state index contributed by atoms with van der Waals surface area (Å²) in [7, 11) is 2.09. The third-order valence-corrected chi connectivity index (χ3v) is 4.41. The molecule has 0 atom stereocenters. The van der Waals surface area contributed by atoms with Gasteiger partial charge in [0.2, 0.25) is 11.8 Å². The zero-order chi connectivity index (χ0) is 17.6. The standard InChI is InChI=1S/C19H24N4O2/c1-3-14-6-4-5-7-16(14)20-17(24)8-9-18-21-19(22-25-18)15-10-12-23(2)13-11-15/h4-7,10H,3,8-9,11-13H2,1-2H3,(H,20,24). The van der Waals surface area contributed by atoms with Crippen LogP contribution in [0.5, 0.6) is 0 Å². The first-order chi connectivity index (χ1) is 12.2. The minimum Gasteiger partial charge on any atom is -0.339 e. The van der Waals surface area contributed by atoms with Crippen LogP contribution in [0.15, 0.2) is 34.9 Å². The molecule has 1 aliphatic rings. The van der Waals surface area contributed by atoms with Crippen molar-refractivity contribution < 1.29 is 9.32 Å². The lowest BCUT2D eigenvalue weighted by Crippen LogP contribution is -2.23. The summed E-state index contributed by atoms with van der Waals surface area (Å²) in [6.45, 7) is 3.97. The Morgan fingerprint density at radius 3 is 2.96 bits per heavy atom. The predicted octanol–water partition coefficient (Wildman–Crippen LogP) is 2.92. The summed E-state index contributed by atoms with van der Waals surface area (Å²) < 4.78 is 5.29. The molecule has 0 spiro atoms. The Balaban J connectivity index is 1.54. The van der Waals surface area contributed by atoms with Crippen LogP contribution in [0, 0.1) is 0 Å². The second-order valence-corrected chi connectivity index (χ2v) is 6.31. The van der Waals surface area contributed by atoms with E-state index in [1.807, 2.05) is 24.3 Å². The number of hydrogen-bond acceptors (Lipinski definition) is 5. The maximum Gasteiger partial charge on any atom is 0.227 e. The first-order valence-corrected chi connectivity index (χ1v) is 8.74. The number of rotatable bonds is 6. The normalized spacial score (nSPS) is 15.0. The van der Waals surface area contributed by atoms with Gasteiger partial charge in [-0.2, -0.15) is 4.98 Å². The first-order valence-electron chi connectivity index (χ1n) is 8.74. The zero-order valence-electron chi connectivity index (χ0n) is 14.8. The van der Waals surface area contributed by atoms with Crippen molar-refractivity contribution in [1.29, 1.82) is 0 Å². The molecule has 6 heteroatoms. The van der Waals surface area contributed by atoms with Crippen LogP contribution in [0.25, 0.3) is 5.57 Å². The van der Waals surface area contributed by atoms with Gasteiger partial charge in [-0.15, -0.1) is 0 Å². The molecule has 0 fully saturated rings. The van der Waals surface area contributed by atoms with E-state index in [1.54, 1.807) is 0 Å². The lowest BCUT2D eigenvalue weighted by atomic mass is 10.1. The molecule has 0 saturated heterocycles. The highest BCUT2D eigenvalue weighted by Crippen LogP contribution is 2.20. The summed E-state index contributed by atoms with van der Waals surface area (Å²) in [6.07, 6.45) is 4.70. The number of benzene rings is 1. The predicted molar refractivity (Wildman–Crippen MR) is 97.2 cm³/mol. The van der Waals surface area contributed by atoms with Crippen molar-refractivity contribution in [3.8, 4) is 0 Å². The van der Waals surface area contributed by atoms with Crippen LogP contribution in [-0.4, -0.2) is 41.1 Å². The van der Waals surface area contributed by atoms with Gasteiger partial charge in [0.05, 0.1) is 0 Å². The molecule has 25 heavy (non-hydrogen) atoms. The van der Waals surface area contributed by atoms with Crippen molar-refractivity contribution in [1.82, 2.24) is 15.0 Å². The molecule has 6 nitrogen and oxygen atoms in total. The fourth-order valence-corrected chi connectivity index (χ4v) is 2.84. The molecule has 0 saturated carbocycles. The fourth-order valence-electron chi connectivity index (χ4n) is 2.84. The Kier molecular flexibility index (Phi) is 5.60. The smallest absolute Gasteiger partial charge is 0.227 e. The molecule has 1 amide bonds. The van der Waals surface area contributed by atoms with Gasteiger partial charge in [0.15, 0.2) is 5.82 Å². The Morgan fingerprint density at radius 2 is 2.20 bits per heavy atom. The van der Waals surface area contributed by atoms with E-state index in [2.05, 4.69) is 40.4 Å². The van der Waals surface area contributed by atoms with Crippen LogP contribution in [0.1, 0.15) is 37.0 Å². The SMILES string of the molecule is CCc1ccccc1NC(=O)CCc1nc(C2=CCN(C)CC2)no1. The molecule has 2 aromatic rings. The molecule has 1 aliphatic heterocycles. The molecule has 0 aliphatic carbocycles. The van der Waals surface area contributed by atoms with Crippen molar-refractivity contribution in [2.75, 3.05) is 25.5 Å². The number of anilines is 1. The summed E-state index contributed by atoms with van der Waals surface area (Å²) in [5.74, 6) is 1.12. The largest absolute Gasteiger partial charge is 0.339 e. The molecular formula is C19H24N4O2. The molecule has 0 radical (unpaired) electrons. The number of aromatic nitrogens is 2. The molecule has 1 aromatic carbocycles. The number of carbonyl (C=O) groups is 1. The van der Waals surface area contributed by atoms with E-state index < -0.39 is 0 Å². The average molecular weight is 340 g/mol. The van der Waals surface area contributed by atoms with E-state index in [-0.39, 0.29) is 5.91 Å². The summed E-state index contributed by atoms with van der Waals surface area (Å²) in [5, 5.41) is 7.01. The van der Waals surface area contributed by atoms with E-state index >= 15 is 0 Å². The number of nitrogens with one attached hydrogen (secondary N) is 1. The number of hydrogen-bond donors (Lipinski definition) is 1. The Morgan fingerprint density at radius 1 is 1.36 bits per heavy atom. The van der Waals surface area contributed by atoms with Crippen LogP contribution in [0.4, 0.5) is 5.69 Å².